The molecule has 0 fully saturated rings. The molecule has 11 radical (unpaired) electrons. The predicted molar refractivity (Wildman–Crippen MR) is 98.9 cm³/mol. The number of fused-ring (bicyclic) bond motifs is 1. The van der Waals surface area contributed by atoms with Crippen LogP contribution in [0.5, 0.6) is 0 Å². The Hall–Kier alpha value is -0.796. The molecule has 0 N–H and O–H groups in total. The van der Waals surface area contributed by atoms with E-state index in [0.717, 1.165) is 17.9 Å². The molecule has 0 aromatic carbocycles. The first kappa shape index (κ1) is 18.3. The fourth-order valence-corrected chi connectivity index (χ4v) is 1.85. The van der Waals surface area contributed by atoms with Crippen molar-refractivity contribution in [2.24, 2.45) is 0 Å². The summed E-state index contributed by atoms with van der Waals surface area (Å²) in [5.74, 6) is 1.02. The summed E-state index contributed by atoms with van der Waals surface area (Å²) in [5, 5.41) is 8.19. The molecule has 2 aromatic heterocycles. The van der Waals surface area contributed by atoms with Crippen LogP contribution < -0.4 is 0 Å². The highest BCUT2D eigenvalue weighted by molar-refractivity contribution is 7.93. The average molecular weight is 259 g/mol. The summed E-state index contributed by atoms with van der Waals surface area (Å²) in [6, 6.07) is 4.06. The van der Waals surface area contributed by atoms with Crippen molar-refractivity contribution in [3.05, 3.63) is 29.7 Å². The van der Waals surface area contributed by atoms with E-state index >= 15 is 0 Å². The van der Waals surface area contributed by atoms with E-state index in [2.05, 4.69) is 17.1 Å². The number of hydrogen-bond donors (Lipinski definition) is 0. The van der Waals surface area contributed by atoms with E-state index in [1.54, 1.807) is 0 Å². The van der Waals surface area contributed by atoms with Crippen molar-refractivity contribution in [3.8, 4) is 0 Å². The molecule has 0 aliphatic carbocycles. The van der Waals surface area contributed by atoms with E-state index < -0.39 is 12.8 Å². The van der Waals surface area contributed by atoms with Gasteiger partial charge in [0.15, 0.2) is 5.65 Å². The summed E-state index contributed by atoms with van der Waals surface area (Å²) < 4.78 is 2.04. The third kappa shape index (κ3) is 4.86. The lowest BCUT2D eigenvalue weighted by Crippen LogP contribution is -2.55. The maximum absolute atomic E-state index is 5.25. The van der Waals surface area contributed by atoms with Crippen molar-refractivity contribution in [2.45, 2.75) is 20.3 Å². The molecule has 0 bridgehead atoms. The molecule has 0 saturated carbocycles. The van der Waals surface area contributed by atoms with Crippen LogP contribution in [0.4, 0.5) is 0 Å². The van der Waals surface area contributed by atoms with Crippen LogP contribution in [0.15, 0.2) is 18.3 Å². The summed E-state index contributed by atoms with van der Waals surface area (Å²) in [6.07, 6.45) is 1.46. The van der Waals surface area contributed by atoms with Crippen molar-refractivity contribution in [2.75, 3.05) is 0 Å². The lowest BCUT2D eigenvalue weighted by atomic mass is 8.64. The zero-order chi connectivity index (χ0) is 16.0. The summed E-state index contributed by atoms with van der Waals surface area (Å²) in [7, 11) is 27.5. The maximum Gasteiger partial charge on any atom is 0.163 e. The number of hydrogen-bond acceptors (Lipinski definition) is 2. The minimum Gasteiger partial charge on any atom is -0.286 e. The first-order valence-corrected chi connectivity index (χ1v) is 6.79. The van der Waals surface area contributed by atoms with Gasteiger partial charge in [0.1, 0.15) is 5.82 Å². The quantitative estimate of drug-likeness (QED) is 0.604. The Morgan fingerprint density at radius 2 is 1.81 bits per heavy atom. The SMILES string of the molecule is CCc1nnc2c(C)cccn12.[B][B]B(B([B])[B])B([B])[B]. The van der Waals surface area contributed by atoms with E-state index in [-0.39, 0.29) is 6.39 Å². The van der Waals surface area contributed by atoms with E-state index in [9.17, 15) is 0 Å². The second-order valence-corrected chi connectivity index (χ2v) is 4.78. The first-order valence-electron chi connectivity index (χ1n) is 6.79. The Labute approximate surface area is 135 Å². The van der Waals surface area contributed by atoms with E-state index in [1.165, 1.54) is 12.6 Å². The average Bonchev–Trinajstić information content (AvgIpc) is 2.83. The molecular weight excluding hydrogens is 247 g/mol. The highest BCUT2D eigenvalue weighted by Crippen LogP contribution is 2.08. The van der Waals surface area contributed by atoms with Gasteiger partial charge in [-0.15, -0.1) is 10.2 Å². The maximum atomic E-state index is 5.25. The molecule has 0 atom stereocenters. The molecule has 2 heterocycles. The van der Waals surface area contributed by atoms with Crippen LogP contribution in [-0.2, 0) is 6.42 Å². The lowest BCUT2D eigenvalue weighted by molar-refractivity contribution is 0.909. The third-order valence-electron chi connectivity index (χ3n) is 3.13. The van der Waals surface area contributed by atoms with Gasteiger partial charge in [0.25, 0.3) is 0 Å². The largest absolute Gasteiger partial charge is 0.286 e. The van der Waals surface area contributed by atoms with Crippen LogP contribution in [0, 0.1) is 6.92 Å². The Balaban J connectivity index is 0.000000222. The van der Waals surface area contributed by atoms with Crippen molar-refractivity contribution >= 4 is 70.5 Å². The molecule has 0 spiro atoms. The summed E-state index contributed by atoms with van der Waals surface area (Å²) in [5.41, 5.74) is 2.14. The molecule has 21 heavy (non-hydrogen) atoms. The van der Waals surface area contributed by atoms with Gasteiger partial charge in [-0.2, -0.15) is 0 Å². The molecule has 2 aromatic rings. The second kappa shape index (κ2) is 8.60. The Morgan fingerprint density at radius 1 is 1.19 bits per heavy atom. The van der Waals surface area contributed by atoms with Gasteiger partial charge in [-0.25, -0.2) is 0 Å². The molecule has 0 aliphatic rings. The van der Waals surface area contributed by atoms with Crippen molar-refractivity contribution in [1.82, 2.24) is 14.6 Å². The molecule has 3 nitrogen and oxygen atoms in total. The minimum absolute atomic E-state index is 0.315. The highest BCUT2D eigenvalue weighted by Gasteiger charge is 2.18. The Kier molecular flexibility index (Phi) is 7.48. The summed E-state index contributed by atoms with van der Waals surface area (Å²) in [6.45, 7) is 4.13. The number of rotatable bonds is 4. The molecule has 89 valence electrons. The van der Waals surface area contributed by atoms with E-state index in [4.69, 9.17) is 38.7 Å². The topological polar surface area (TPSA) is 30.2 Å². The molecule has 0 saturated heterocycles. The zero-order valence-corrected chi connectivity index (χ0v) is 12.5. The first-order chi connectivity index (χ1) is 9.92. The van der Waals surface area contributed by atoms with Gasteiger partial charge < -0.3 is 0 Å². The van der Waals surface area contributed by atoms with Crippen LogP contribution in [0.2, 0.25) is 0 Å². The van der Waals surface area contributed by atoms with Gasteiger partial charge in [0.05, 0.1) is 0 Å². The fraction of sp³-hybridized carbons (Fsp3) is 0.333. The van der Waals surface area contributed by atoms with Crippen LogP contribution in [0.3, 0.4) is 0 Å². The van der Waals surface area contributed by atoms with Crippen molar-refractivity contribution in [3.63, 3.8) is 0 Å². The monoisotopic (exact) mass is 260 g/mol. The molecule has 12 heteroatoms. The fourth-order valence-electron chi connectivity index (χ4n) is 1.85. The van der Waals surface area contributed by atoms with Gasteiger partial charge >= 0.3 is 0 Å². The molecular formula is C9H11B9N3. The standard InChI is InChI=1S/C9H11N3.B9/c1-3-8-10-11-9-7(2)5-4-6-12(8)9;1-6-9(7(2)3)8(4)5/h4-6H,3H2,1-2H3;. The zero-order valence-electron chi connectivity index (χ0n) is 12.5. The van der Waals surface area contributed by atoms with Crippen molar-refractivity contribution in [1.29, 1.82) is 0 Å². The van der Waals surface area contributed by atoms with Crippen LogP contribution in [-0.4, -0.2) is 79.5 Å². The Bertz CT molecular complexity index is 550. The van der Waals surface area contributed by atoms with Gasteiger partial charge in [0, 0.05) is 77.5 Å². The van der Waals surface area contributed by atoms with Gasteiger partial charge in [0.2, 0.25) is 0 Å². The summed E-state index contributed by atoms with van der Waals surface area (Å²) in [4.78, 5) is 0. The molecule has 0 amide bonds. The van der Waals surface area contributed by atoms with E-state index in [0.29, 0.717) is 0 Å². The number of aromatic nitrogens is 3. The van der Waals surface area contributed by atoms with Crippen molar-refractivity contribution < 1.29 is 0 Å². The van der Waals surface area contributed by atoms with Crippen LogP contribution >= 0.6 is 0 Å². The van der Waals surface area contributed by atoms with E-state index in [1.807, 2.05) is 29.7 Å². The lowest BCUT2D eigenvalue weighted by Gasteiger charge is -2.17. The van der Waals surface area contributed by atoms with Crippen LogP contribution in [0.25, 0.3) is 5.65 Å². The molecule has 2 rings (SSSR count). The number of pyridine rings is 1. The summed E-state index contributed by atoms with van der Waals surface area (Å²) >= 11 is 0. The second-order valence-electron chi connectivity index (χ2n) is 4.78. The number of nitrogens with zero attached hydrogens (tertiary/aromatic N) is 3. The smallest absolute Gasteiger partial charge is 0.163 e. The normalized spacial score (nSPS) is 9.62. The minimum atomic E-state index is -0.574. The highest BCUT2D eigenvalue weighted by atomic mass is 15.2. The predicted octanol–water partition coefficient (Wildman–Crippen LogP) is -1.83. The van der Waals surface area contributed by atoms with Gasteiger partial charge in [-0.05, 0) is 18.6 Å². The number of aryl methyl sites for hydroxylation is 2. The van der Waals surface area contributed by atoms with Gasteiger partial charge in [-0.1, -0.05) is 13.0 Å². The molecule has 0 aliphatic heterocycles. The third-order valence-corrected chi connectivity index (χ3v) is 3.13. The van der Waals surface area contributed by atoms with Crippen LogP contribution in [0.1, 0.15) is 18.3 Å². The molecule has 0 unspecified atom stereocenters. The Morgan fingerprint density at radius 3 is 2.24 bits per heavy atom. The van der Waals surface area contributed by atoms with Gasteiger partial charge in [-0.3, -0.25) is 4.40 Å².